The van der Waals surface area contributed by atoms with Gasteiger partial charge < -0.3 is 30.7 Å². The third-order valence-electron chi connectivity index (χ3n) is 7.64. The molecule has 1 aliphatic heterocycles. The zero-order chi connectivity index (χ0) is 31.1. The first-order valence-corrected chi connectivity index (χ1v) is 14.1. The highest BCUT2D eigenvalue weighted by molar-refractivity contribution is 6.34. The number of nitrogens with two attached hydrogens (primary N) is 1. The number of nitrogens with zero attached hydrogens (tertiary/aromatic N) is 6. The number of aromatic nitrogens is 4. The lowest BCUT2D eigenvalue weighted by Crippen LogP contribution is -2.57. The van der Waals surface area contributed by atoms with Gasteiger partial charge in [-0.05, 0) is 38.0 Å². The van der Waals surface area contributed by atoms with Crippen LogP contribution in [0.25, 0.3) is 11.3 Å². The van der Waals surface area contributed by atoms with Crippen LogP contribution in [0.4, 0.5) is 23.7 Å². The normalized spacial score (nSPS) is 18.8. The van der Waals surface area contributed by atoms with Gasteiger partial charge in [0.2, 0.25) is 0 Å². The van der Waals surface area contributed by atoms with Crippen LogP contribution in [0.5, 0.6) is 0 Å². The quantitative estimate of drug-likeness (QED) is 0.386. The van der Waals surface area contributed by atoms with Crippen LogP contribution in [0.3, 0.4) is 0 Å². The van der Waals surface area contributed by atoms with Gasteiger partial charge in [0.1, 0.15) is 0 Å². The Balaban J connectivity index is 1.22. The summed E-state index contributed by atoms with van der Waals surface area (Å²) in [5, 5.41) is 9.29. The molecule has 0 radical (unpaired) electrons. The number of amides is 4. The molecule has 1 aromatic carbocycles. The van der Waals surface area contributed by atoms with Crippen LogP contribution in [0.1, 0.15) is 46.4 Å². The van der Waals surface area contributed by atoms with Gasteiger partial charge in [0, 0.05) is 63.7 Å². The van der Waals surface area contributed by atoms with Crippen molar-refractivity contribution in [3.63, 3.8) is 0 Å². The number of hydrogen-bond donors (Lipinski definition) is 3. The highest BCUT2D eigenvalue weighted by Crippen LogP contribution is 2.36. The molecule has 0 atom stereocenters. The predicted octanol–water partition coefficient (Wildman–Crippen LogP) is 3.19. The van der Waals surface area contributed by atoms with Crippen molar-refractivity contribution in [2.45, 2.75) is 44.6 Å². The van der Waals surface area contributed by atoms with Crippen molar-refractivity contribution in [2.75, 3.05) is 31.5 Å². The van der Waals surface area contributed by atoms with Crippen molar-refractivity contribution in [2.24, 2.45) is 12.8 Å². The summed E-state index contributed by atoms with van der Waals surface area (Å²) in [5.41, 5.74) is 5.07. The molecule has 4 amide bonds. The predicted molar refractivity (Wildman–Crippen MR) is 152 cm³/mol. The van der Waals surface area contributed by atoms with Crippen LogP contribution in [0.15, 0.2) is 30.6 Å². The van der Waals surface area contributed by atoms with E-state index in [1.807, 2.05) is 0 Å². The summed E-state index contributed by atoms with van der Waals surface area (Å²) < 4.78 is 43.2. The zero-order valence-corrected chi connectivity index (χ0v) is 24.2. The third kappa shape index (κ3) is 6.32. The number of carbonyl (C=O) groups excluding carboxylic acids is 3. The number of aryl methyl sites for hydroxylation is 1. The molecule has 2 aromatic heterocycles. The van der Waals surface area contributed by atoms with Crippen molar-refractivity contribution in [3.05, 3.63) is 52.7 Å². The van der Waals surface area contributed by atoms with Gasteiger partial charge in [-0.3, -0.25) is 14.3 Å². The number of rotatable bonds is 6. The van der Waals surface area contributed by atoms with E-state index in [-0.39, 0.29) is 63.9 Å². The Kier molecular flexibility index (Phi) is 8.38. The molecule has 4 N–H and O–H groups in total. The fourth-order valence-electron chi connectivity index (χ4n) is 5.13. The summed E-state index contributed by atoms with van der Waals surface area (Å²) in [4.78, 5) is 45.9. The molecule has 43 heavy (non-hydrogen) atoms. The molecular formula is C27H31ClF3N9O3. The summed E-state index contributed by atoms with van der Waals surface area (Å²) in [7, 11) is 1.43. The van der Waals surface area contributed by atoms with E-state index in [1.54, 1.807) is 16.7 Å². The fourth-order valence-corrected chi connectivity index (χ4v) is 5.39. The first-order valence-electron chi connectivity index (χ1n) is 13.7. The minimum Gasteiger partial charge on any atom is -0.335 e. The van der Waals surface area contributed by atoms with Gasteiger partial charge in [0.15, 0.2) is 11.5 Å². The molecule has 5 rings (SSSR count). The molecule has 2 aliphatic rings. The van der Waals surface area contributed by atoms with Crippen LogP contribution in [-0.2, 0) is 19.8 Å². The first kappa shape index (κ1) is 30.4. The fraction of sp³-hybridized carbons (Fsp3) is 0.444. The van der Waals surface area contributed by atoms with E-state index < -0.39 is 17.8 Å². The number of benzene rings is 1. The molecule has 230 valence electrons. The van der Waals surface area contributed by atoms with Crippen LogP contribution in [0.2, 0.25) is 5.02 Å². The molecule has 2 fully saturated rings. The maximum Gasteiger partial charge on any atom is 0.435 e. The van der Waals surface area contributed by atoms with Crippen LogP contribution in [0, 0.1) is 0 Å². The second-order valence-corrected chi connectivity index (χ2v) is 11.0. The van der Waals surface area contributed by atoms with Crippen molar-refractivity contribution in [3.8, 4) is 11.3 Å². The maximum atomic E-state index is 13.6. The van der Waals surface area contributed by atoms with E-state index in [4.69, 9.17) is 17.3 Å². The van der Waals surface area contributed by atoms with Crippen LogP contribution < -0.4 is 16.4 Å². The summed E-state index contributed by atoms with van der Waals surface area (Å²) >= 11 is 6.41. The van der Waals surface area contributed by atoms with Gasteiger partial charge in [-0.15, -0.1) is 0 Å². The summed E-state index contributed by atoms with van der Waals surface area (Å²) in [5.74, 6) is -1.13. The minimum absolute atomic E-state index is 0.0703. The van der Waals surface area contributed by atoms with Crippen molar-refractivity contribution >= 4 is 35.1 Å². The Hall–Kier alpha value is -4.11. The molecule has 3 heterocycles. The van der Waals surface area contributed by atoms with Gasteiger partial charge >= 0.3 is 12.2 Å². The molecule has 1 saturated carbocycles. The molecule has 16 heteroatoms. The van der Waals surface area contributed by atoms with Crippen molar-refractivity contribution < 1.29 is 27.6 Å². The Morgan fingerprint density at radius 3 is 2.40 bits per heavy atom. The molecule has 1 saturated heterocycles. The molecular weight excluding hydrogens is 591 g/mol. The number of nitrogens with one attached hydrogen (secondary N) is 2. The highest BCUT2D eigenvalue weighted by atomic mass is 35.5. The standard InChI is InChI=1S/C27H31ClF3N9O3/c1-3-40-14-19(22(36-40)27(29,30)31)21-13-33-23(37(21)2)24(41)34-16-4-5-18(20(28)12-16)25(42)38-6-8-39(9-7-38)26(43)35-17-10-15(32)11-17/h4-5,12-15,17H,3,6-11,32H2,1-2H3,(H,34,41)(H,35,43). The highest BCUT2D eigenvalue weighted by Gasteiger charge is 2.38. The molecule has 0 spiro atoms. The lowest BCUT2D eigenvalue weighted by Gasteiger charge is -2.38. The number of halogens is 4. The average Bonchev–Trinajstić information content (AvgIpc) is 3.55. The number of carbonyl (C=O) groups is 3. The third-order valence-corrected chi connectivity index (χ3v) is 7.95. The second kappa shape index (κ2) is 11.9. The molecule has 0 unspecified atom stereocenters. The largest absolute Gasteiger partial charge is 0.435 e. The number of urea groups is 1. The topological polar surface area (TPSA) is 143 Å². The lowest BCUT2D eigenvalue weighted by atomic mass is 9.88. The van der Waals surface area contributed by atoms with Crippen molar-refractivity contribution in [1.29, 1.82) is 0 Å². The Morgan fingerprint density at radius 2 is 1.79 bits per heavy atom. The molecule has 1 aliphatic carbocycles. The van der Waals surface area contributed by atoms with Gasteiger partial charge in [-0.1, -0.05) is 11.6 Å². The Bertz CT molecular complexity index is 1540. The van der Waals surface area contributed by atoms with E-state index in [1.165, 1.54) is 46.9 Å². The van der Waals surface area contributed by atoms with E-state index in [0.29, 0.717) is 26.2 Å². The van der Waals surface area contributed by atoms with Gasteiger partial charge in [0.05, 0.1) is 28.0 Å². The molecule has 3 aromatic rings. The number of hydrogen-bond acceptors (Lipinski definition) is 6. The Labute approximate surface area is 249 Å². The summed E-state index contributed by atoms with van der Waals surface area (Å²) in [6.07, 6.45) is -0.725. The van der Waals surface area contributed by atoms with Crippen LogP contribution >= 0.6 is 11.6 Å². The number of piperazine rings is 1. The number of anilines is 1. The van der Waals surface area contributed by atoms with E-state index in [0.717, 1.165) is 12.8 Å². The van der Waals surface area contributed by atoms with Crippen molar-refractivity contribution in [1.82, 2.24) is 34.4 Å². The lowest BCUT2D eigenvalue weighted by molar-refractivity contribution is -0.141. The zero-order valence-electron chi connectivity index (χ0n) is 23.5. The van der Waals surface area contributed by atoms with E-state index >= 15 is 0 Å². The monoisotopic (exact) mass is 621 g/mol. The number of alkyl halides is 3. The Morgan fingerprint density at radius 1 is 1.12 bits per heavy atom. The van der Waals surface area contributed by atoms with E-state index in [9.17, 15) is 27.6 Å². The maximum absolute atomic E-state index is 13.6. The van der Waals surface area contributed by atoms with Gasteiger partial charge in [0.25, 0.3) is 11.8 Å². The van der Waals surface area contributed by atoms with E-state index in [2.05, 4.69) is 20.7 Å². The molecule has 0 bridgehead atoms. The van der Waals surface area contributed by atoms with Gasteiger partial charge in [-0.2, -0.15) is 18.3 Å². The van der Waals surface area contributed by atoms with Crippen LogP contribution in [-0.4, -0.2) is 85.2 Å². The smallest absolute Gasteiger partial charge is 0.335 e. The summed E-state index contributed by atoms with van der Waals surface area (Å²) in [6.45, 7) is 3.31. The minimum atomic E-state index is -4.69. The number of imidazole rings is 1. The average molecular weight is 622 g/mol. The van der Waals surface area contributed by atoms with Gasteiger partial charge in [-0.25, -0.2) is 9.78 Å². The first-order chi connectivity index (χ1) is 20.3. The second-order valence-electron chi connectivity index (χ2n) is 10.6. The SMILES string of the molecule is CCn1cc(-c2cnc(C(=O)Nc3ccc(C(=O)N4CCN(C(=O)NC5CC(N)C5)CC4)c(Cl)c3)n2C)c(C(F)(F)F)n1. The summed E-state index contributed by atoms with van der Waals surface area (Å²) in [6, 6.07) is 4.45. The molecule has 12 nitrogen and oxygen atoms in total.